The Hall–Kier alpha value is -3.66. The molecule has 3 aromatic carbocycles. The third kappa shape index (κ3) is 4.29. The number of hydrogen-bond donors (Lipinski definition) is 1. The lowest BCUT2D eigenvalue weighted by atomic mass is 10.0. The van der Waals surface area contributed by atoms with Crippen molar-refractivity contribution < 1.29 is 4.79 Å². The molecule has 0 aliphatic carbocycles. The van der Waals surface area contributed by atoms with Gasteiger partial charge in [0.1, 0.15) is 5.69 Å². The monoisotopic (exact) mass is 409 g/mol. The standard InChI is InChI=1S/C27H27N3O/c1-3-23(20-14-8-5-9-15-20)28-27(31)25-24(4-2)30(22-18-12-7-13-19-22)29-26(25)21-16-10-6-11-17-21/h5-19,23H,3-4H2,1-2H3,(H,28,31)/t23-/m0/s1. The Labute approximate surface area is 183 Å². The zero-order chi connectivity index (χ0) is 21.6. The predicted molar refractivity (Wildman–Crippen MR) is 125 cm³/mol. The Morgan fingerprint density at radius 1 is 0.871 bits per heavy atom. The number of hydrogen-bond acceptors (Lipinski definition) is 2. The Morgan fingerprint density at radius 2 is 1.45 bits per heavy atom. The number of benzene rings is 3. The van der Waals surface area contributed by atoms with Gasteiger partial charge in [-0.15, -0.1) is 0 Å². The highest BCUT2D eigenvalue weighted by Gasteiger charge is 2.26. The number of carbonyl (C=O) groups excluding carboxylic acids is 1. The maximum absolute atomic E-state index is 13.6. The van der Waals surface area contributed by atoms with E-state index in [-0.39, 0.29) is 11.9 Å². The summed E-state index contributed by atoms with van der Waals surface area (Å²) in [6.45, 7) is 4.15. The van der Waals surface area contributed by atoms with Crippen molar-refractivity contribution >= 4 is 5.91 Å². The van der Waals surface area contributed by atoms with E-state index in [9.17, 15) is 4.79 Å². The normalized spacial score (nSPS) is 11.8. The van der Waals surface area contributed by atoms with Crippen molar-refractivity contribution in [1.29, 1.82) is 0 Å². The lowest BCUT2D eigenvalue weighted by Gasteiger charge is -2.18. The Bertz CT molecular complexity index is 1140. The van der Waals surface area contributed by atoms with Gasteiger partial charge in [-0.1, -0.05) is 92.7 Å². The minimum atomic E-state index is -0.0893. The van der Waals surface area contributed by atoms with Crippen LogP contribution in [0.1, 0.15) is 47.9 Å². The summed E-state index contributed by atoms with van der Waals surface area (Å²) in [6, 6.07) is 30.0. The van der Waals surface area contributed by atoms with Crippen molar-refractivity contribution in [3.8, 4) is 16.9 Å². The summed E-state index contributed by atoms with van der Waals surface area (Å²) in [6.07, 6.45) is 1.50. The molecule has 0 saturated carbocycles. The van der Waals surface area contributed by atoms with Crippen LogP contribution in [0, 0.1) is 0 Å². The van der Waals surface area contributed by atoms with Gasteiger partial charge in [-0.25, -0.2) is 4.68 Å². The van der Waals surface area contributed by atoms with Crippen LogP contribution in [0.3, 0.4) is 0 Å². The molecule has 1 heterocycles. The van der Waals surface area contributed by atoms with E-state index in [1.807, 2.05) is 83.5 Å². The van der Waals surface area contributed by atoms with Crippen LogP contribution in [0.25, 0.3) is 16.9 Å². The molecule has 0 radical (unpaired) electrons. The van der Waals surface area contributed by atoms with Crippen LogP contribution in [-0.2, 0) is 6.42 Å². The molecule has 0 unspecified atom stereocenters. The maximum Gasteiger partial charge on any atom is 0.255 e. The Morgan fingerprint density at radius 3 is 2.03 bits per heavy atom. The molecule has 0 aliphatic heterocycles. The van der Waals surface area contributed by atoms with Crippen LogP contribution in [0.2, 0.25) is 0 Å². The van der Waals surface area contributed by atoms with Crippen LogP contribution < -0.4 is 5.32 Å². The molecule has 0 bridgehead atoms. The van der Waals surface area contributed by atoms with Crippen LogP contribution in [0.5, 0.6) is 0 Å². The van der Waals surface area contributed by atoms with Gasteiger partial charge in [-0.2, -0.15) is 5.10 Å². The SMILES string of the molecule is CCc1c(C(=O)N[C@@H](CC)c2ccccc2)c(-c2ccccc2)nn1-c1ccccc1. The average molecular weight is 410 g/mol. The third-order valence-electron chi connectivity index (χ3n) is 5.51. The first-order valence-corrected chi connectivity index (χ1v) is 10.8. The second-order valence-electron chi connectivity index (χ2n) is 7.48. The first-order valence-electron chi connectivity index (χ1n) is 10.8. The number of rotatable bonds is 7. The van der Waals surface area contributed by atoms with Gasteiger partial charge >= 0.3 is 0 Å². The summed E-state index contributed by atoms with van der Waals surface area (Å²) in [5.74, 6) is -0.0893. The molecular formula is C27H27N3O. The molecule has 1 aromatic heterocycles. The van der Waals surface area contributed by atoms with Crippen molar-refractivity contribution in [3.63, 3.8) is 0 Å². The molecule has 1 N–H and O–H groups in total. The fraction of sp³-hybridized carbons (Fsp3) is 0.185. The van der Waals surface area contributed by atoms with E-state index >= 15 is 0 Å². The molecule has 1 amide bonds. The molecule has 0 fully saturated rings. The van der Waals surface area contributed by atoms with E-state index in [1.54, 1.807) is 0 Å². The van der Waals surface area contributed by atoms with Crippen molar-refractivity contribution in [2.75, 3.05) is 0 Å². The molecule has 0 aliphatic rings. The zero-order valence-electron chi connectivity index (χ0n) is 18.0. The topological polar surface area (TPSA) is 46.9 Å². The molecular weight excluding hydrogens is 382 g/mol. The number of aromatic nitrogens is 2. The molecule has 4 heteroatoms. The smallest absolute Gasteiger partial charge is 0.255 e. The van der Waals surface area contributed by atoms with E-state index in [2.05, 4.69) is 31.3 Å². The van der Waals surface area contributed by atoms with E-state index < -0.39 is 0 Å². The van der Waals surface area contributed by atoms with E-state index in [1.165, 1.54) is 0 Å². The molecule has 0 spiro atoms. The number of amides is 1. The van der Waals surface area contributed by atoms with Crippen LogP contribution >= 0.6 is 0 Å². The van der Waals surface area contributed by atoms with Gasteiger partial charge in [-0.3, -0.25) is 4.79 Å². The van der Waals surface area contributed by atoms with Crippen LogP contribution in [0.4, 0.5) is 0 Å². The first kappa shape index (κ1) is 20.6. The predicted octanol–water partition coefficient (Wildman–Crippen LogP) is 5.98. The second kappa shape index (κ2) is 9.43. The highest BCUT2D eigenvalue weighted by atomic mass is 16.1. The van der Waals surface area contributed by atoms with Gasteiger partial charge in [0, 0.05) is 5.56 Å². The highest BCUT2D eigenvalue weighted by molar-refractivity contribution is 6.01. The van der Waals surface area contributed by atoms with Crippen molar-refractivity contribution in [3.05, 3.63) is 108 Å². The van der Waals surface area contributed by atoms with Gasteiger partial charge < -0.3 is 5.32 Å². The van der Waals surface area contributed by atoms with Crippen molar-refractivity contribution in [1.82, 2.24) is 15.1 Å². The van der Waals surface area contributed by atoms with Gasteiger partial charge in [0.15, 0.2) is 0 Å². The summed E-state index contributed by atoms with van der Waals surface area (Å²) >= 11 is 0. The van der Waals surface area contributed by atoms with Gasteiger partial charge in [0.2, 0.25) is 0 Å². The number of para-hydroxylation sites is 1. The molecule has 4 nitrogen and oxygen atoms in total. The third-order valence-corrected chi connectivity index (χ3v) is 5.51. The maximum atomic E-state index is 13.6. The largest absolute Gasteiger partial charge is 0.345 e. The lowest BCUT2D eigenvalue weighted by Crippen LogP contribution is -2.29. The lowest BCUT2D eigenvalue weighted by molar-refractivity contribution is 0.0935. The summed E-state index contributed by atoms with van der Waals surface area (Å²) in [4.78, 5) is 13.6. The minimum Gasteiger partial charge on any atom is -0.345 e. The summed E-state index contributed by atoms with van der Waals surface area (Å²) in [5.41, 5.74) is 5.25. The second-order valence-corrected chi connectivity index (χ2v) is 7.48. The quantitative estimate of drug-likeness (QED) is 0.408. The van der Waals surface area contributed by atoms with Crippen LogP contribution in [0.15, 0.2) is 91.0 Å². The number of nitrogens with zero attached hydrogens (tertiary/aromatic N) is 2. The molecule has 1 atom stereocenters. The van der Waals surface area contributed by atoms with Gasteiger partial charge in [0.25, 0.3) is 5.91 Å². The molecule has 156 valence electrons. The van der Waals surface area contributed by atoms with E-state index in [4.69, 9.17) is 5.10 Å². The molecule has 4 aromatic rings. The Balaban J connectivity index is 1.81. The van der Waals surface area contributed by atoms with Gasteiger partial charge in [0.05, 0.1) is 23.0 Å². The first-order chi connectivity index (χ1) is 15.2. The van der Waals surface area contributed by atoms with E-state index in [0.29, 0.717) is 17.7 Å². The fourth-order valence-corrected chi connectivity index (χ4v) is 3.94. The fourth-order valence-electron chi connectivity index (χ4n) is 3.94. The number of nitrogens with one attached hydrogen (secondary N) is 1. The molecule has 0 saturated heterocycles. The van der Waals surface area contributed by atoms with Crippen molar-refractivity contribution in [2.45, 2.75) is 32.7 Å². The average Bonchev–Trinajstić information content (AvgIpc) is 3.24. The number of carbonyl (C=O) groups is 1. The molecule has 31 heavy (non-hydrogen) atoms. The van der Waals surface area contributed by atoms with Gasteiger partial charge in [-0.05, 0) is 30.5 Å². The zero-order valence-corrected chi connectivity index (χ0v) is 18.0. The Kier molecular flexibility index (Phi) is 6.27. The minimum absolute atomic E-state index is 0.0536. The summed E-state index contributed by atoms with van der Waals surface area (Å²) in [5, 5.41) is 8.16. The van der Waals surface area contributed by atoms with E-state index in [0.717, 1.165) is 28.9 Å². The summed E-state index contributed by atoms with van der Waals surface area (Å²) < 4.78 is 1.90. The molecule has 4 rings (SSSR count). The van der Waals surface area contributed by atoms with Crippen molar-refractivity contribution in [2.24, 2.45) is 0 Å². The summed E-state index contributed by atoms with van der Waals surface area (Å²) in [7, 11) is 0. The highest BCUT2D eigenvalue weighted by Crippen LogP contribution is 2.29. The van der Waals surface area contributed by atoms with Crippen LogP contribution in [-0.4, -0.2) is 15.7 Å².